The minimum absolute atomic E-state index is 0.209. The predicted octanol–water partition coefficient (Wildman–Crippen LogP) is 3.44. The predicted molar refractivity (Wildman–Crippen MR) is 152 cm³/mol. The molecule has 0 saturated carbocycles. The van der Waals surface area contributed by atoms with Gasteiger partial charge < -0.3 is 5.32 Å². The van der Waals surface area contributed by atoms with E-state index in [1.807, 2.05) is 32.1 Å². The van der Waals surface area contributed by atoms with Crippen LogP contribution in [0.2, 0.25) is 0 Å². The van der Waals surface area contributed by atoms with Crippen molar-refractivity contribution in [2.75, 3.05) is 24.9 Å². The topological polar surface area (TPSA) is 120 Å². The molecule has 0 unspecified atom stereocenters. The van der Waals surface area contributed by atoms with Gasteiger partial charge in [0, 0.05) is 49.4 Å². The van der Waals surface area contributed by atoms with E-state index >= 15 is 0 Å². The summed E-state index contributed by atoms with van der Waals surface area (Å²) >= 11 is 0. The van der Waals surface area contributed by atoms with Crippen molar-refractivity contribution in [1.29, 1.82) is 0 Å². The third-order valence-electron chi connectivity index (χ3n) is 5.24. The van der Waals surface area contributed by atoms with Gasteiger partial charge in [-0.1, -0.05) is 24.3 Å². The molecule has 2 heterocycles. The lowest BCUT2D eigenvalue weighted by Crippen LogP contribution is -2.36. The largest absolute Gasteiger partial charge is 0.324 e. The van der Waals surface area contributed by atoms with Crippen LogP contribution >= 0.6 is 0 Å². The lowest BCUT2D eigenvalue weighted by Gasteiger charge is -2.25. The number of amides is 1. The maximum absolute atomic E-state index is 13.2. The molecule has 1 aliphatic rings. The Morgan fingerprint density at radius 1 is 1.16 bits per heavy atom. The smallest absolute Gasteiger partial charge is 0.258 e. The number of hydrogen-bond donors (Lipinski definition) is 1. The Morgan fingerprint density at radius 3 is 2.50 bits per heavy atom. The second-order valence-electron chi connectivity index (χ2n) is 8.45. The normalized spacial score (nSPS) is 14.8. The van der Waals surface area contributed by atoms with E-state index in [1.54, 1.807) is 60.8 Å². The summed E-state index contributed by atoms with van der Waals surface area (Å²) in [5.41, 5.74) is 3.04. The summed E-state index contributed by atoms with van der Waals surface area (Å²) in [5.74, 6) is 0.201. The van der Waals surface area contributed by atoms with Crippen molar-refractivity contribution in [1.82, 2.24) is 15.3 Å². The quantitative estimate of drug-likeness (QED) is 0.300. The van der Waals surface area contributed by atoms with Crippen molar-refractivity contribution in [2.24, 2.45) is 15.2 Å². The molecule has 1 N–H and O–H groups in total. The van der Waals surface area contributed by atoms with Crippen LogP contribution in [-0.2, 0) is 14.6 Å². The van der Waals surface area contributed by atoms with Crippen LogP contribution in [0.15, 0.2) is 98.5 Å². The van der Waals surface area contributed by atoms with Crippen molar-refractivity contribution in [3.8, 4) is 0 Å². The molecular formula is C27H31N7O3S. The SMILES string of the molecule is CC=N/C=C(/C=N\N(C)/C=C\C)C(=O)NC1=CC(c2ccc(S(C)(=O)=O)cc2)=NN(c2ccc(C)cn2)C1. The number of hydrazone groups is 2. The second-order valence-corrected chi connectivity index (χ2v) is 10.5. The van der Waals surface area contributed by atoms with E-state index in [2.05, 4.69) is 20.4 Å². The fraction of sp³-hybridized carbons (Fsp3) is 0.222. The molecule has 0 bridgehead atoms. The number of aliphatic imine (C=N–C) groups is 1. The summed E-state index contributed by atoms with van der Waals surface area (Å²) in [6.45, 7) is 5.82. The minimum Gasteiger partial charge on any atom is -0.324 e. The Kier molecular flexibility index (Phi) is 9.44. The molecule has 1 aromatic carbocycles. The van der Waals surface area contributed by atoms with Gasteiger partial charge in [-0.25, -0.2) is 18.4 Å². The number of aromatic nitrogens is 1. The first-order chi connectivity index (χ1) is 18.1. The van der Waals surface area contributed by atoms with Crippen LogP contribution in [0, 0.1) is 6.92 Å². The van der Waals surface area contributed by atoms with E-state index in [0.29, 0.717) is 22.8 Å². The van der Waals surface area contributed by atoms with Gasteiger partial charge in [0.2, 0.25) is 0 Å². The number of benzene rings is 1. The summed E-state index contributed by atoms with van der Waals surface area (Å²) < 4.78 is 23.8. The Bertz CT molecular complexity index is 1440. The average molecular weight is 534 g/mol. The fourth-order valence-corrected chi connectivity index (χ4v) is 3.96. The highest BCUT2D eigenvalue weighted by molar-refractivity contribution is 7.90. The van der Waals surface area contributed by atoms with Gasteiger partial charge in [-0.2, -0.15) is 10.2 Å². The number of nitrogens with one attached hydrogen (secondary N) is 1. The van der Waals surface area contributed by atoms with Gasteiger partial charge in [0.05, 0.1) is 28.9 Å². The number of anilines is 1. The summed E-state index contributed by atoms with van der Waals surface area (Å²) in [7, 11) is -1.58. The highest BCUT2D eigenvalue weighted by Gasteiger charge is 2.20. The van der Waals surface area contributed by atoms with E-state index in [0.717, 1.165) is 11.8 Å². The Morgan fingerprint density at radius 2 is 1.89 bits per heavy atom. The molecule has 10 nitrogen and oxygen atoms in total. The summed E-state index contributed by atoms with van der Waals surface area (Å²) in [6.07, 6.45) is 12.7. The maximum atomic E-state index is 13.2. The Balaban J connectivity index is 1.96. The van der Waals surface area contributed by atoms with Crippen LogP contribution < -0.4 is 10.3 Å². The zero-order valence-electron chi connectivity index (χ0n) is 22.0. The first-order valence-corrected chi connectivity index (χ1v) is 13.7. The summed E-state index contributed by atoms with van der Waals surface area (Å²) in [5, 5.41) is 15.1. The number of carbonyl (C=O) groups excluding carboxylic acids is 1. The van der Waals surface area contributed by atoms with Gasteiger partial charge in [0.25, 0.3) is 5.91 Å². The number of allylic oxidation sites excluding steroid dienone is 2. The molecule has 198 valence electrons. The van der Waals surface area contributed by atoms with Crippen LogP contribution in [0.1, 0.15) is 25.0 Å². The van der Waals surface area contributed by atoms with Gasteiger partial charge in [-0.15, -0.1) is 0 Å². The number of aryl methyl sites for hydroxylation is 1. The first kappa shape index (κ1) is 28.2. The van der Waals surface area contributed by atoms with Crippen molar-refractivity contribution >= 4 is 39.7 Å². The van der Waals surface area contributed by atoms with Crippen LogP contribution in [0.25, 0.3) is 0 Å². The standard InChI is InChI=1S/C27H31N7O3S/c1-6-14-33(4)30-18-22(17-28-7-2)27(35)31-23-15-25(21-9-11-24(12-10-21)38(5,36)37)32-34(19-23)26-13-8-20(3)16-29-26/h6-18H,19H2,1-5H3,(H,31,35)/b14-6-,22-17-,28-7?,30-18-. The maximum Gasteiger partial charge on any atom is 0.258 e. The molecule has 1 aromatic heterocycles. The van der Waals surface area contributed by atoms with Crippen LogP contribution in [-0.4, -0.2) is 62.3 Å². The summed E-state index contributed by atoms with van der Waals surface area (Å²) in [4.78, 5) is 22.0. The lowest BCUT2D eigenvalue weighted by atomic mass is 10.1. The molecule has 0 spiro atoms. The fourth-order valence-electron chi connectivity index (χ4n) is 3.33. The minimum atomic E-state index is -3.34. The van der Waals surface area contributed by atoms with Crippen molar-refractivity contribution in [3.63, 3.8) is 0 Å². The van der Waals surface area contributed by atoms with Crippen LogP contribution in [0.4, 0.5) is 5.82 Å². The Hall–Kier alpha value is -4.38. The monoisotopic (exact) mass is 533 g/mol. The molecule has 0 saturated heterocycles. The molecule has 1 aliphatic heterocycles. The molecule has 0 atom stereocenters. The van der Waals surface area contributed by atoms with Crippen LogP contribution in [0.3, 0.4) is 0 Å². The van der Waals surface area contributed by atoms with Gasteiger partial charge in [-0.05, 0) is 50.6 Å². The number of pyridine rings is 1. The third kappa shape index (κ3) is 7.81. The van der Waals surface area contributed by atoms with Gasteiger partial charge in [0.1, 0.15) is 5.82 Å². The van der Waals surface area contributed by atoms with Crippen molar-refractivity contribution in [2.45, 2.75) is 25.7 Å². The van der Waals surface area contributed by atoms with Gasteiger partial charge >= 0.3 is 0 Å². The number of rotatable bonds is 9. The lowest BCUT2D eigenvalue weighted by molar-refractivity contribution is -0.116. The first-order valence-electron chi connectivity index (χ1n) is 11.8. The number of sulfone groups is 1. The zero-order chi connectivity index (χ0) is 27.7. The number of hydrogen-bond acceptors (Lipinski definition) is 9. The highest BCUT2D eigenvalue weighted by atomic mass is 32.2. The third-order valence-corrected chi connectivity index (χ3v) is 6.37. The zero-order valence-corrected chi connectivity index (χ0v) is 22.8. The van der Waals surface area contributed by atoms with E-state index in [9.17, 15) is 13.2 Å². The molecule has 1 amide bonds. The molecule has 2 aromatic rings. The van der Waals surface area contributed by atoms with E-state index in [-0.39, 0.29) is 17.0 Å². The van der Waals surface area contributed by atoms with Crippen molar-refractivity contribution < 1.29 is 13.2 Å². The number of carbonyl (C=O) groups is 1. The van der Waals surface area contributed by atoms with E-state index in [1.165, 1.54) is 24.5 Å². The second kappa shape index (κ2) is 12.7. The molecule has 0 fully saturated rings. The van der Waals surface area contributed by atoms with Crippen molar-refractivity contribution in [3.05, 3.63) is 89.5 Å². The molecule has 38 heavy (non-hydrogen) atoms. The molecule has 11 heteroatoms. The Labute approximate surface area is 223 Å². The molecule has 0 radical (unpaired) electrons. The van der Waals surface area contributed by atoms with E-state index in [4.69, 9.17) is 5.10 Å². The van der Waals surface area contributed by atoms with Gasteiger partial charge in [0.15, 0.2) is 9.84 Å². The molecule has 0 aliphatic carbocycles. The number of nitrogens with zero attached hydrogens (tertiary/aromatic N) is 6. The highest BCUT2D eigenvalue weighted by Crippen LogP contribution is 2.20. The molecule has 3 rings (SSSR count). The van der Waals surface area contributed by atoms with Crippen LogP contribution in [0.5, 0.6) is 0 Å². The van der Waals surface area contributed by atoms with E-state index < -0.39 is 15.7 Å². The average Bonchev–Trinajstić information content (AvgIpc) is 2.88. The summed E-state index contributed by atoms with van der Waals surface area (Å²) in [6, 6.07) is 10.2. The van der Waals surface area contributed by atoms with Gasteiger partial charge in [-0.3, -0.25) is 14.8 Å². The molecular weight excluding hydrogens is 502 g/mol.